The van der Waals surface area contributed by atoms with Crippen molar-refractivity contribution in [2.75, 3.05) is 28.4 Å². The Kier molecular flexibility index (Phi) is 4.09. The molecular weight excluding hydrogens is 334 g/mol. The predicted octanol–water partition coefficient (Wildman–Crippen LogP) is 3.34. The van der Waals surface area contributed by atoms with Crippen molar-refractivity contribution in [1.82, 2.24) is 15.0 Å². The highest BCUT2D eigenvalue weighted by molar-refractivity contribution is 7.99. The minimum atomic E-state index is -0.222. The fourth-order valence-electron chi connectivity index (χ4n) is 2.93. The Morgan fingerprint density at radius 3 is 3.00 bits per heavy atom. The van der Waals surface area contributed by atoms with Crippen molar-refractivity contribution in [3.8, 4) is 0 Å². The topological polar surface area (TPSA) is 73.9 Å². The van der Waals surface area contributed by atoms with Crippen LogP contribution >= 0.6 is 11.8 Å². The summed E-state index contributed by atoms with van der Waals surface area (Å²) in [6.07, 6.45) is 1.64. The second kappa shape index (κ2) is 6.40. The number of aromatic amines is 1. The monoisotopic (exact) mass is 353 g/mol. The van der Waals surface area contributed by atoms with E-state index in [2.05, 4.69) is 32.1 Å². The Labute approximate surface area is 150 Å². The van der Waals surface area contributed by atoms with E-state index in [0.717, 1.165) is 40.5 Å². The second-order valence-corrected chi connectivity index (χ2v) is 7.21. The number of aromatic nitrogens is 3. The molecule has 1 fully saturated rings. The van der Waals surface area contributed by atoms with Crippen molar-refractivity contribution in [3.63, 3.8) is 0 Å². The first-order chi connectivity index (χ1) is 12.1. The SMILES string of the molecule is Cc1[nH]c2ccc(NC(=O)c3ccnc(N4CCSC4)n3)cc2c1C. The van der Waals surface area contributed by atoms with Crippen LogP contribution in [0, 0.1) is 13.8 Å². The lowest BCUT2D eigenvalue weighted by atomic mass is 10.1. The van der Waals surface area contributed by atoms with Gasteiger partial charge in [0, 0.05) is 40.8 Å². The molecule has 1 aliphatic rings. The van der Waals surface area contributed by atoms with Gasteiger partial charge in [0.2, 0.25) is 5.95 Å². The number of aryl methyl sites for hydroxylation is 2. The summed E-state index contributed by atoms with van der Waals surface area (Å²) in [6, 6.07) is 7.52. The average Bonchev–Trinajstić information content (AvgIpc) is 3.25. The third kappa shape index (κ3) is 3.07. The fourth-order valence-corrected chi connectivity index (χ4v) is 3.88. The van der Waals surface area contributed by atoms with Crippen LogP contribution in [0.4, 0.5) is 11.6 Å². The Morgan fingerprint density at radius 2 is 2.20 bits per heavy atom. The van der Waals surface area contributed by atoms with Crippen LogP contribution in [-0.2, 0) is 0 Å². The fraction of sp³-hybridized carbons (Fsp3) is 0.278. The summed E-state index contributed by atoms with van der Waals surface area (Å²) in [4.78, 5) is 26.7. The second-order valence-electron chi connectivity index (χ2n) is 6.13. The molecule has 0 unspecified atom stereocenters. The van der Waals surface area contributed by atoms with Gasteiger partial charge in [-0.2, -0.15) is 0 Å². The van der Waals surface area contributed by atoms with Gasteiger partial charge in [-0.05, 0) is 43.7 Å². The van der Waals surface area contributed by atoms with E-state index >= 15 is 0 Å². The molecule has 0 radical (unpaired) electrons. The van der Waals surface area contributed by atoms with E-state index < -0.39 is 0 Å². The molecule has 1 amide bonds. The molecule has 1 saturated heterocycles. The molecule has 128 valence electrons. The van der Waals surface area contributed by atoms with E-state index in [1.807, 2.05) is 36.9 Å². The quantitative estimate of drug-likeness (QED) is 0.755. The molecule has 0 saturated carbocycles. The van der Waals surface area contributed by atoms with Gasteiger partial charge in [-0.3, -0.25) is 4.79 Å². The molecule has 0 aliphatic carbocycles. The molecular formula is C18H19N5OS. The van der Waals surface area contributed by atoms with Gasteiger partial charge in [-0.1, -0.05) is 0 Å². The smallest absolute Gasteiger partial charge is 0.274 e. The minimum Gasteiger partial charge on any atom is -0.358 e. The lowest BCUT2D eigenvalue weighted by Crippen LogP contribution is -2.22. The molecule has 3 aromatic rings. The lowest BCUT2D eigenvalue weighted by molar-refractivity contribution is 0.102. The predicted molar refractivity (Wildman–Crippen MR) is 102 cm³/mol. The largest absolute Gasteiger partial charge is 0.358 e. The maximum Gasteiger partial charge on any atom is 0.274 e. The van der Waals surface area contributed by atoms with Crippen molar-refractivity contribution in [1.29, 1.82) is 0 Å². The Balaban J connectivity index is 1.57. The number of carbonyl (C=O) groups is 1. The number of fused-ring (bicyclic) bond motifs is 1. The molecule has 7 heteroatoms. The molecule has 6 nitrogen and oxygen atoms in total. The van der Waals surface area contributed by atoms with Gasteiger partial charge < -0.3 is 15.2 Å². The van der Waals surface area contributed by atoms with Crippen molar-refractivity contribution >= 4 is 40.2 Å². The highest BCUT2D eigenvalue weighted by Crippen LogP contribution is 2.25. The number of nitrogens with one attached hydrogen (secondary N) is 2. The molecule has 0 spiro atoms. The summed E-state index contributed by atoms with van der Waals surface area (Å²) >= 11 is 1.84. The number of hydrogen-bond acceptors (Lipinski definition) is 5. The van der Waals surface area contributed by atoms with Gasteiger partial charge in [0.25, 0.3) is 5.91 Å². The zero-order chi connectivity index (χ0) is 17.4. The Morgan fingerprint density at radius 1 is 1.32 bits per heavy atom. The normalized spacial score (nSPS) is 14.2. The number of hydrogen-bond donors (Lipinski definition) is 2. The summed E-state index contributed by atoms with van der Waals surface area (Å²) in [5.74, 6) is 2.33. The summed E-state index contributed by atoms with van der Waals surface area (Å²) in [5, 5.41) is 4.06. The van der Waals surface area contributed by atoms with Gasteiger partial charge in [0.1, 0.15) is 5.69 Å². The Bertz CT molecular complexity index is 946. The average molecular weight is 353 g/mol. The standard InChI is InChI=1S/C18H19N5OS/c1-11-12(2)20-15-4-3-13(9-14(11)15)21-17(24)16-5-6-19-18(22-16)23-7-8-25-10-23/h3-6,9,20H,7-8,10H2,1-2H3,(H,21,24). The van der Waals surface area contributed by atoms with Gasteiger partial charge in [0.05, 0.1) is 5.88 Å². The van der Waals surface area contributed by atoms with E-state index in [-0.39, 0.29) is 5.91 Å². The van der Waals surface area contributed by atoms with E-state index in [9.17, 15) is 4.79 Å². The molecule has 0 bridgehead atoms. The van der Waals surface area contributed by atoms with Gasteiger partial charge in [0.15, 0.2) is 0 Å². The summed E-state index contributed by atoms with van der Waals surface area (Å²) < 4.78 is 0. The number of benzene rings is 1. The van der Waals surface area contributed by atoms with Crippen LogP contribution in [0.25, 0.3) is 10.9 Å². The van der Waals surface area contributed by atoms with E-state index in [0.29, 0.717) is 11.6 Å². The van der Waals surface area contributed by atoms with E-state index in [4.69, 9.17) is 0 Å². The number of amides is 1. The first kappa shape index (κ1) is 16.0. The molecule has 1 aromatic carbocycles. The third-order valence-corrected chi connectivity index (χ3v) is 5.44. The molecule has 4 rings (SSSR count). The minimum absolute atomic E-state index is 0.222. The molecule has 25 heavy (non-hydrogen) atoms. The van der Waals surface area contributed by atoms with Crippen LogP contribution in [0.2, 0.25) is 0 Å². The van der Waals surface area contributed by atoms with Crippen LogP contribution in [-0.4, -0.2) is 39.0 Å². The van der Waals surface area contributed by atoms with Crippen molar-refractivity contribution < 1.29 is 4.79 Å². The molecule has 2 aromatic heterocycles. The molecule has 1 aliphatic heterocycles. The lowest BCUT2D eigenvalue weighted by Gasteiger charge is -2.14. The number of H-pyrrole nitrogens is 1. The number of rotatable bonds is 3. The maximum atomic E-state index is 12.6. The van der Waals surface area contributed by atoms with Crippen LogP contribution in [0.3, 0.4) is 0 Å². The maximum absolute atomic E-state index is 12.6. The number of anilines is 2. The van der Waals surface area contributed by atoms with Crippen molar-refractivity contribution in [2.24, 2.45) is 0 Å². The number of carbonyl (C=O) groups excluding carboxylic acids is 1. The zero-order valence-electron chi connectivity index (χ0n) is 14.2. The van der Waals surface area contributed by atoms with E-state index in [1.165, 1.54) is 5.56 Å². The van der Waals surface area contributed by atoms with Crippen LogP contribution in [0.15, 0.2) is 30.5 Å². The zero-order valence-corrected chi connectivity index (χ0v) is 15.0. The van der Waals surface area contributed by atoms with Crippen molar-refractivity contribution in [2.45, 2.75) is 13.8 Å². The van der Waals surface area contributed by atoms with Crippen LogP contribution in [0.1, 0.15) is 21.7 Å². The highest BCUT2D eigenvalue weighted by Gasteiger charge is 2.17. The van der Waals surface area contributed by atoms with Crippen molar-refractivity contribution in [3.05, 3.63) is 47.4 Å². The molecule has 0 atom stereocenters. The van der Waals surface area contributed by atoms with Gasteiger partial charge in [-0.15, -0.1) is 11.8 Å². The Hall–Kier alpha value is -2.54. The summed E-state index contributed by atoms with van der Waals surface area (Å²) in [7, 11) is 0. The first-order valence-corrected chi connectivity index (χ1v) is 9.33. The molecule has 2 N–H and O–H groups in total. The summed E-state index contributed by atoms with van der Waals surface area (Å²) in [5.41, 5.74) is 4.55. The van der Waals surface area contributed by atoms with Crippen LogP contribution < -0.4 is 10.2 Å². The van der Waals surface area contributed by atoms with Gasteiger partial charge in [-0.25, -0.2) is 9.97 Å². The first-order valence-electron chi connectivity index (χ1n) is 8.18. The molecule has 3 heterocycles. The number of thioether (sulfide) groups is 1. The van der Waals surface area contributed by atoms with E-state index in [1.54, 1.807) is 12.3 Å². The van der Waals surface area contributed by atoms with Crippen LogP contribution in [0.5, 0.6) is 0 Å². The third-order valence-electron chi connectivity index (χ3n) is 4.48. The summed E-state index contributed by atoms with van der Waals surface area (Å²) in [6.45, 7) is 5.04. The van der Waals surface area contributed by atoms with Gasteiger partial charge >= 0.3 is 0 Å². The highest BCUT2D eigenvalue weighted by atomic mass is 32.2. The number of nitrogens with zero attached hydrogens (tertiary/aromatic N) is 3.